The van der Waals surface area contributed by atoms with Crippen molar-refractivity contribution in [2.45, 2.75) is 19.8 Å². The minimum atomic E-state index is -0.550. The SMILES string of the molecule is CCc1ccc2oc(-c3ccc(NC(=O)Cc4csc5ccc(Cl)cc45)c(F)c3)nc2c1. The molecule has 2 heterocycles. The number of thiophene rings is 1. The molecule has 2 aromatic heterocycles. The van der Waals surface area contributed by atoms with Gasteiger partial charge in [0.15, 0.2) is 5.58 Å². The summed E-state index contributed by atoms with van der Waals surface area (Å²) in [6.07, 6.45) is 1.03. The molecule has 0 bridgehead atoms. The molecule has 0 saturated carbocycles. The van der Waals surface area contributed by atoms with E-state index in [1.54, 1.807) is 17.4 Å². The van der Waals surface area contributed by atoms with Crippen LogP contribution >= 0.6 is 22.9 Å². The van der Waals surface area contributed by atoms with E-state index in [0.29, 0.717) is 22.1 Å². The summed E-state index contributed by atoms with van der Waals surface area (Å²) in [6, 6.07) is 15.9. The van der Waals surface area contributed by atoms with Crippen molar-refractivity contribution in [3.05, 3.63) is 81.9 Å². The third-order valence-corrected chi connectivity index (χ3v) is 6.56. The van der Waals surface area contributed by atoms with Gasteiger partial charge in [-0.1, -0.05) is 24.6 Å². The minimum Gasteiger partial charge on any atom is -0.436 e. The highest BCUT2D eigenvalue weighted by Gasteiger charge is 2.15. The van der Waals surface area contributed by atoms with Crippen molar-refractivity contribution >= 4 is 55.7 Å². The van der Waals surface area contributed by atoms with Crippen LogP contribution in [0.25, 0.3) is 32.6 Å². The van der Waals surface area contributed by atoms with Crippen LogP contribution in [-0.4, -0.2) is 10.9 Å². The average Bonchev–Trinajstić information content (AvgIpc) is 3.38. The summed E-state index contributed by atoms with van der Waals surface area (Å²) in [7, 11) is 0. The van der Waals surface area contributed by atoms with Gasteiger partial charge in [0.25, 0.3) is 0 Å². The van der Waals surface area contributed by atoms with E-state index in [1.165, 1.54) is 12.1 Å². The number of aromatic nitrogens is 1. The molecule has 32 heavy (non-hydrogen) atoms. The molecule has 3 aromatic carbocycles. The third-order valence-electron chi connectivity index (χ3n) is 5.32. The van der Waals surface area contributed by atoms with Gasteiger partial charge in [-0.15, -0.1) is 11.3 Å². The predicted octanol–water partition coefficient (Wildman–Crippen LogP) is 7.25. The fourth-order valence-corrected chi connectivity index (χ4v) is 4.74. The van der Waals surface area contributed by atoms with Crippen molar-refractivity contribution in [1.29, 1.82) is 0 Å². The molecule has 160 valence electrons. The topological polar surface area (TPSA) is 55.1 Å². The summed E-state index contributed by atoms with van der Waals surface area (Å²) in [4.78, 5) is 17.0. The lowest BCUT2D eigenvalue weighted by Crippen LogP contribution is -2.15. The third kappa shape index (κ3) is 3.99. The van der Waals surface area contributed by atoms with Crippen molar-refractivity contribution in [2.24, 2.45) is 0 Å². The molecule has 0 aliphatic heterocycles. The maximum atomic E-state index is 14.8. The Hall–Kier alpha value is -3.22. The molecular weight excluding hydrogens is 447 g/mol. The Kier molecular flexibility index (Phi) is 5.41. The van der Waals surface area contributed by atoms with Crippen LogP contribution < -0.4 is 5.32 Å². The summed E-state index contributed by atoms with van der Waals surface area (Å²) >= 11 is 7.63. The van der Waals surface area contributed by atoms with Gasteiger partial charge in [-0.05, 0) is 76.8 Å². The zero-order valence-corrected chi connectivity index (χ0v) is 18.7. The van der Waals surface area contributed by atoms with E-state index in [0.717, 1.165) is 33.2 Å². The van der Waals surface area contributed by atoms with Gasteiger partial charge in [-0.2, -0.15) is 0 Å². The summed E-state index contributed by atoms with van der Waals surface area (Å²) < 4.78 is 21.6. The number of aryl methyl sites for hydroxylation is 1. The van der Waals surface area contributed by atoms with E-state index in [9.17, 15) is 9.18 Å². The molecule has 1 amide bonds. The first kappa shape index (κ1) is 20.7. The zero-order valence-electron chi connectivity index (χ0n) is 17.1. The van der Waals surface area contributed by atoms with Crippen LogP contribution in [0.1, 0.15) is 18.1 Å². The fourth-order valence-electron chi connectivity index (χ4n) is 3.62. The number of hydrogen-bond donors (Lipinski definition) is 1. The summed E-state index contributed by atoms with van der Waals surface area (Å²) in [5, 5.41) is 6.14. The molecule has 7 heteroatoms. The lowest BCUT2D eigenvalue weighted by molar-refractivity contribution is -0.115. The first-order valence-corrected chi connectivity index (χ1v) is 11.4. The van der Waals surface area contributed by atoms with Crippen LogP contribution in [0, 0.1) is 5.82 Å². The van der Waals surface area contributed by atoms with Crippen LogP contribution in [-0.2, 0) is 17.6 Å². The highest BCUT2D eigenvalue weighted by molar-refractivity contribution is 7.17. The standard InChI is InChI=1S/C25H18ClFN2O2S/c1-2-14-3-7-22-21(9-14)29-25(31-22)15-4-6-20(19(27)10-15)28-24(30)11-16-13-32-23-8-5-17(26)12-18(16)23/h3-10,12-13H,2,11H2,1H3,(H,28,30). The number of nitrogens with zero attached hydrogens (tertiary/aromatic N) is 1. The molecule has 4 nitrogen and oxygen atoms in total. The summed E-state index contributed by atoms with van der Waals surface area (Å²) in [5.41, 5.74) is 4.02. The molecule has 1 N–H and O–H groups in total. The quantitative estimate of drug-likeness (QED) is 0.298. The van der Waals surface area contributed by atoms with Crippen LogP contribution in [0.15, 0.2) is 64.4 Å². The lowest BCUT2D eigenvalue weighted by Gasteiger charge is -2.07. The molecule has 5 rings (SSSR count). The van der Waals surface area contributed by atoms with Gasteiger partial charge in [-0.25, -0.2) is 9.37 Å². The average molecular weight is 465 g/mol. The van der Waals surface area contributed by atoms with Crippen LogP contribution in [0.3, 0.4) is 0 Å². The van der Waals surface area contributed by atoms with E-state index in [4.69, 9.17) is 16.0 Å². The maximum Gasteiger partial charge on any atom is 0.228 e. The number of amides is 1. The predicted molar refractivity (Wildman–Crippen MR) is 128 cm³/mol. The first-order chi connectivity index (χ1) is 15.5. The smallest absolute Gasteiger partial charge is 0.228 e. The number of carbonyl (C=O) groups is 1. The van der Waals surface area contributed by atoms with E-state index in [-0.39, 0.29) is 18.0 Å². The number of halogens is 2. The summed E-state index contributed by atoms with van der Waals surface area (Å²) in [6.45, 7) is 2.07. The molecule has 0 aliphatic carbocycles. The van der Waals surface area contributed by atoms with Gasteiger partial charge in [0, 0.05) is 15.3 Å². The van der Waals surface area contributed by atoms with Crippen LogP contribution in [0.5, 0.6) is 0 Å². The van der Waals surface area contributed by atoms with Crippen molar-refractivity contribution in [2.75, 3.05) is 5.32 Å². The van der Waals surface area contributed by atoms with Gasteiger partial charge in [0.1, 0.15) is 11.3 Å². The normalized spacial score (nSPS) is 11.3. The molecule has 0 spiro atoms. The van der Waals surface area contributed by atoms with Gasteiger partial charge >= 0.3 is 0 Å². The van der Waals surface area contributed by atoms with E-state index in [2.05, 4.69) is 17.2 Å². The Morgan fingerprint density at radius 3 is 2.84 bits per heavy atom. The van der Waals surface area contributed by atoms with Crippen LogP contribution in [0.4, 0.5) is 10.1 Å². The van der Waals surface area contributed by atoms with E-state index >= 15 is 0 Å². The molecule has 0 atom stereocenters. The molecule has 0 radical (unpaired) electrons. The number of fused-ring (bicyclic) bond motifs is 2. The highest BCUT2D eigenvalue weighted by Crippen LogP contribution is 2.30. The number of benzene rings is 3. The molecular formula is C25H18ClFN2O2S. The van der Waals surface area contributed by atoms with Gasteiger partial charge in [0.2, 0.25) is 11.8 Å². The number of hydrogen-bond acceptors (Lipinski definition) is 4. The largest absolute Gasteiger partial charge is 0.436 e. The number of oxazole rings is 1. The lowest BCUT2D eigenvalue weighted by atomic mass is 10.1. The van der Waals surface area contributed by atoms with Crippen molar-refractivity contribution in [1.82, 2.24) is 4.98 Å². The Labute approximate surface area is 192 Å². The monoisotopic (exact) mass is 464 g/mol. The fraction of sp³-hybridized carbons (Fsp3) is 0.120. The number of carbonyl (C=O) groups excluding carboxylic acids is 1. The Bertz CT molecular complexity index is 1470. The highest BCUT2D eigenvalue weighted by atomic mass is 35.5. The van der Waals surface area contributed by atoms with Crippen molar-refractivity contribution in [3.8, 4) is 11.5 Å². The second-order valence-corrected chi connectivity index (χ2v) is 8.84. The minimum absolute atomic E-state index is 0.112. The molecule has 0 aliphatic rings. The molecule has 0 saturated heterocycles. The van der Waals surface area contributed by atoms with Gasteiger partial charge in [-0.3, -0.25) is 4.79 Å². The second kappa shape index (κ2) is 8.37. The molecule has 0 unspecified atom stereocenters. The maximum absolute atomic E-state index is 14.8. The Balaban J connectivity index is 1.35. The molecule has 5 aromatic rings. The number of anilines is 1. The summed E-state index contributed by atoms with van der Waals surface area (Å²) in [5.74, 6) is -0.512. The molecule has 0 fully saturated rings. The van der Waals surface area contributed by atoms with E-state index in [1.807, 2.05) is 41.8 Å². The van der Waals surface area contributed by atoms with E-state index < -0.39 is 5.82 Å². The van der Waals surface area contributed by atoms with Crippen molar-refractivity contribution < 1.29 is 13.6 Å². The number of rotatable bonds is 5. The number of nitrogens with one attached hydrogen (secondary N) is 1. The second-order valence-electron chi connectivity index (χ2n) is 7.50. The Morgan fingerprint density at radius 1 is 1.16 bits per heavy atom. The van der Waals surface area contributed by atoms with Gasteiger partial charge in [0.05, 0.1) is 12.1 Å². The Morgan fingerprint density at radius 2 is 2.03 bits per heavy atom. The van der Waals surface area contributed by atoms with Gasteiger partial charge < -0.3 is 9.73 Å². The van der Waals surface area contributed by atoms with Crippen LogP contribution in [0.2, 0.25) is 5.02 Å². The first-order valence-electron chi connectivity index (χ1n) is 10.1. The zero-order chi connectivity index (χ0) is 22.2. The van der Waals surface area contributed by atoms with Crippen molar-refractivity contribution in [3.63, 3.8) is 0 Å².